The van der Waals surface area contributed by atoms with E-state index < -0.39 is 0 Å². The number of rotatable bonds is 5. The fourth-order valence-electron chi connectivity index (χ4n) is 2.20. The molecule has 0 heterocycles. The molecule has 128 valence electrons. The molecule has 3 amide bonds. The van der Waals surface area contributed by atoms with Crippen LogP contribution < -0.4 is 15.5 Å². The fourth-order valence-corrected chi connectivity index (χ4v) is 2.20. The number of hydrogen-bond donors (Lipinski definition) is 2. The van der Waals surface area contributed by atoms with E-state index in [0.29, 0.717) is 13.1 Å². The quantitative estimate of drug-likeness (QED) is 0.876. The molecule has 0 aromatic heterocycles. The molecular weight excluding hydrogens is 290 g/mol. The number of carbonyl (C=O) groups excluding carboxylic acids is 2. The zero-order chi connectivity index (χ0) is 17.6. The standard InChI is InChI=1S/C18H29N3O2/c1-13(2)20-17(23)19-11-12-21(14(3)22)16-9-7-15(8-10-16)18(4,5)6/h7-10,13H,11-12H2,1-6H3,(H2,19,20,23). The smallest absolute Gasteiger partial charge is 0.315 e. The first-order chi connectivity index (χ1) is 10.6. The van der Waals surface area contributed by atoms with E-state index in [2.05, 4.69) is 31.4 Å². The second-order valence-electron chi connectivity index (χ2n) is 7.02. The minimum Gasteiger partial charge on any atom is -0.336 e. The number of carbonyl (C=O) groups is 2. The lowest BCUT2D eigenvalue weighted by Gasteiger charge is -2.24. The van der Waals surface area contributed by atoms with Gasteiger partial charge in [0.1, 0.15) is 0 Å². The van der Waals surface area contributed by atoms with E-state index in [1.807, 2.05) is 38.1 Å². The van der Waals surface area contributed by atoms with Gasteiger partial charge in [-0.2, -0.15) is 0 Å². The third kappa shape index (κ3) is 6.30. The highest BCUT2D eigenvalue weighted by Gasteiger charge is 2.16. The second-order valence-corrected chi connectivity index (χ2v) is 7.02. The Balaban J connectivity index is 2.68. The van der Waals surface area contributed by atoms with Crippen molar-refractivity contribution >= 4 is 17.6 Å². The average molecular weight is 319 g/mol. The lowest BCUT2D eigenvalue weighted by Crippen LogP contribution is -2.43. The van der Waals surface area contributed by atoms with Gasteiger partial charge in [0, 0.05) is 31.7 Å². The van der Waals surface area contributed by atoms with Crippen molar-refractivity contribution in [1.29, 1.82) is 0 Å². The van der Waals surface area contributed by atoms with Gasteiger partial charge in [-0.05, 0) is 37.0 Å². The van der Waals surface area contributed by atoms with Gasteiger partial charge in [0.05, 0.1) is 0 Å². The third-order valence-electron chi connectivity index (χ3n) is 3.47. The molecule has 0 aliphatic carbocycles. The molecule has 0 atom stereocenters. The van der Waals surface area contributed by atoms with Crippen molar-refractivity contribution in [3.8, 4) is 0 Å². The lowest BCUT2D eigenvalue weighted by atomic mass is 9.87. The molecule has 1 rings (SSSR count). The van der Waals surface area contributed by atoms with Gasteiger partial charge in [0.15, 0.2) is 0 Å². The third-order valence-corrected chi connectivity index (χ3v) is 3.47. The van der Waals surface area contributed by atoms with Gasteiger partial charge in [0.25, 0.3) is 0 Å². The summed E-state index contributed by atoms with van der Waals surface area (Å²) in [5, 5.41) is 5.52. The van der Waals surface area contributed by atoms with Crippen LogP contribution >= 0.6 is 0 Å². The maximum absolute atomic E-state index is 11.9. The van der Waals surface area contributed by atoms with Crippen LogP contribution in [0.1, 0.15) is 47.1 Å². The van der Waals surface area contributed by atoms with Crippen LogP contribution in [0.25, 0.3) is 0 Å². The normalized spacial score (nSPS) is 11.3. The fraction of sp³-hybridized carbons (Fsp3) is 0.556. The molecule has 0 fully saturated rings. The van der Waals surface area contributed by atoms with E-state index >= 15 is 0 Å². The Kier molecular flexibility index (Phi) is 6.61. The molecule has 5 heteroatoms. The Morgan fingerprint density at radius 2 is 1.70 bits per heavy atom. The second kappa shape index (κ2) is 7.99. The SMILES string of the molecule is CC(=O)N(CCNC(=O)NC(C)C)c1ccc(C(C)(C)C)cc1. The molecule has 0 spiro atoms. The Labute approximate surface area is 139 Å². The minimum atomic E-state index is -0.216. The van der Waals surface area contributed by atoms with Crippen LogP contribution in [0.3, 0.4) is 0 Å². The van der Waals surface area contributed by atoms with Gasteiger partial charge < -0.3 is 15.5 Å². The highest BCUT2D eigenvalue weighted by Crippen LogP contribution is 2.24. The Morgan fingerprint density at radius 3 is 2.13 bits per heavy atom. The van der Waals surface area contributed by atoms with Crippen LogP contribution in [0, 0.1) is 0 Å². The van der Waals surface area contributed by atoms with Crippen molar-refractivity contribution in [2.75, 3.05) is 18.0 Å². The van der Waals surface area contributed by atoms with E-state index in [1.165, 1.54) is 12.5 Å². The lowest BCUT2D eigenvalue weighted by molar-refractivity contribution is -0.116. The molecule has 2 N–H and O–H groups in total. The average Bonchev–Trinajstić information content (AvgIpc) is 2.41. The van der Waals surface area contributed by atoms with Gasteiger partial charge in [-0.1, -0.05) is 32.9 Å². The molecule has 1 aromatic rings. The van der Waals surface area contributed by atoms with Crippen molar-refractivity contribution in [2.24, 2.45) is 0 Å². The molecular formula is C18H29N3O2. The maximum atomic E-state index is 11.9. The van der Waals surface area contributed by atoms with Crippen LogP contribution in [0.5, 0.6) is 0 Å². The number of urea groups is 1. The van der Waals surface area contributed by atoms with Crippen LogP contribution in [0.15, 0.2) is 24.3 Å². The summed E-state index contributed by atoms with van der Waals surface area (Å²) in [6.45, 7) is 12.6. The highest BCUT2D eigenvalue weighted by atomic mass is 16.2. The van der Waals surface area contributed by atoms with Crippen molar-refractivity contribution in [1.82, 2.24) is 10.6 Å². The zero-order valence-corrected chi connectivity index (χ0v) is 15.1. The molecule has 5 nitrogen and oxygen atoms in total. The van der Waals surface area contributed by atoms with Gasteiger partial charge in [0.2, 0.25) is 5.91 Å². The number of anilines is 1. The van der Waals surface area contributed by atoms with E-state index in [4.69, 9.17) is 0 Å². The van der Waals surface area contributed by atoms with Crippen LogP contribution in [0.2, 0.25) is 0 Å². The molecule has 0 bridgehead atoms. The number of amides is 3. The van der Waals surface area contributed by atoms with E-state index in [1.54, 1.807) is 4.90 Å². The van der Waals surface area contributed by atoms with Crippen molar-refractivity contribution in [3.05, 3.63) is 29.8 Å². The molecule has 0 radical (unpaired) electrons. The zero-order valence-electron chi connectivity index (χ0n) is 15.1. The summed E-state index contributed by atoms with van der Waals surface area (Å²) < 4.78 is 0. The highest BCUT2D eigenvalue weighted by molar-refractivity contribution is 5.91. The van der Waals surface area contributed by atoms with Gasteiger partial charge in [-0.15, -0.1) is 0 Å². The van der Waals surface area contributed by atoms with Gasteiger partial charge >= 0.3 is 6.03 Å². The molecule has 0 aliphatic heterocycles. The van der Waals surface area contributed by atoms with Gasteiger partial charge in [-0.25, -0.2) is 4.79 Å². The van der Waals surface area contributed by atoms with E-state index in [0.717, 1.165) is 5.69 Å². The summed E-state index contributed by atoms with van der Waals surface area (Å²) in [4.78, 5) is 25.1. The summed E-state index contributed by atoms with van der Waals surface area (Å²) >= 11 is 0. The first-order valence-electron chi connectivity index (χ1n) is 8.04. The number of benzene rings is 1. The topological polar surface area (TPSA) is 61.4 Å². The number of nitrogens with zero attached hydrogens (tertiary/aromatic N) is 1. The van der Waals surface area contributed by atoms with Gasteiger partial charge in [-0.3, -0.25) is 4.79 Å². The van der Waals surface area contributed by atoms with E-state index in [9.17, 15) is 9.59 Å². The maximum Gasteiger partial charge on any atom is 0.315 e. The molecule has 0 aliphatic rings. The van der Waals surface area contributed by atoms with E-state index in [-0.39, 0.29) is 23.4 Å². The minimum absolute atomic E-state index is 0.0421. The largest absolute Gasteiger partial charge is 0.336 e. The monoisotopic (exact) mass is 319 g/mol. The molecule has 0 saturated carbocycles. The van der Waals surface area contributed by atoms with Crippen LogP contribution in [-0.4, -0.2) is 31.1 Å². The predicted octanol–water partition coefficient (Wildman–Crippen LogP) is 3.04. The summed E-state index contributed by atoms with van der Waals surface area (Å²) in [5.74, 6) is -0.0421. The summed E-state index contributed by atoms with van der Waals surface area (Å²) in [7, 11) is 0. The Morgan fingerprint density at radius 1 is 1.13 bits per heavy atom. The first kappa shape index (κ1) is 19.0. The first-order valence-corrected chi connectivity index (χ1v) is 8.04. The van der Waals surface area contributed by atoms with Crippen molar-refractivity contribution in [2.45, 2.75) is 53.0 Å². The summed E-state index contributed by atoms with van der Waals surface area (Å²) in [6, 6.07) is 7.87. The molecule has 0 saturated heterocycles. The number of nitrogens with one attached hydrogen (secondary N) is 2. The van der Waals surface area contributed by atoms with Crippen LogP contribution in [-0.2, 0) is 10.2 Å². The Hall–Kier alpha value is -2.04. The molecule has 1 aromatic carbocycles. The molecule has 0 unspecified atom stereocenters. The van der Waals surface area contributed by atoms with Crippen molar-refractivity contribution < 1.29 is 9.59 Å². The summed E-state index contributed by atoms with van der Waals surface area (Å²) in [5.41, 5.74) is 2.14. The summed E-state index contributed by atoms with van der Waals surface area (Å²) in [6.07, 6.45) is 0. The Bertz CT molecular complexity index is 530. The van der Waals surface area contributed by atoms with Crippen molar-refractivity contribution in [3.63, 3.8) is 0 Å². The predicted molar refractivity (Wildman–Crippen MR) is 94.8 cm³/mol. The van der Waals surface area contributed by atoms with Crippen LogP contribution in [0.4, 0.5) is 10.5 Å². The number of hydrogen-bond acceptors (Lipinski definition) is 2. The molecule has 23 heavy (non-hydrogen) atoms.